The van der Waals surface area contributed by atoms with Crippen LogP contribution >= 0.6 is 12.2 Å². The van der Waals surface area contributed by atoms with E-state index in [0.29, 0.717) is 29.3 Å². The highest BCUT2D eigenvalue weighted by molar-refractivity contribution is 7.80. The summed E-state index contributed by atoms with van der Waals surface area (Å²) in [7, 11) is 0. The van der Waals surface area contributed by atoms with E-state index in [2.05, 4.69) is 58.3 Å². The van der Waals surface area contributed by atoms with E-state index in [1.165, 1.54) is 5.70 Å². The van der Waals surface area contributed by atoms with Crippen molar-refractivity contribution in [2.24, 2.45) is 34.5 Å². The quantitative estimate of drug-likeness (QED) is 0.597. The van der Waals surface area contributed by atoms with E-state index < -0.39 is 0 Å². The number of amides is 2. The lowest BCUT2D eigenvalue weighted by molar-refractivity contribution is -0.140. The maximum atomic E-state index is 13.9. The second-order valence-corrected chi connectivity index (χ2v) is 12.2. The molecule has 0 bridgehead atoms. The molecule has 3 fully saturated rings. The maximum absolute atomic E-state index is 13.9. The Labute approximate surface area is 199 Å². The minimum absolute atomic E-state index is 0.0262. The lowest BCUT2D eigenvalue weighted by Crippen LogP contribution is -2.56. The van der Waals surface area contributed by atoms with Gasteiger partial charge in [0.25, 0.3) is 0 Å². The Morgan fingerprint density at radius 3 is 2.53 bits per heavy atom. The van der Waals surface area contributed by atoms with Crippen molar-refractivity contribution in [3.05, 3.63) is 11.8 Å². The minimum Gasteiger partial charge on any atom is -0.360 e. The predicted molar refractivity (Wildman–Crippen MR) is 132 cm³/mol. The second-order valence-electron chi connectivity index (χ2n) is 11.8. The molecule has 5 nitrogen and oxygen atoms in total. The summed E-state index contributed by atoms with van der Waals surface area (Å²) in [5.41, 5.74) is 1.27. The summed E-state index contributed by atoms with van der Waals surface area (Å²) in [4.78, 5) is 27.7. The first-order valence-electron chi connectivity index (χ1n) is 12.6. The summed E-state index contributed by atoms with van der Waals surface area (Å²) in [5, 5.41) is 7.04. The van der Waals surface area contributed by atoms with E-state index in [1.54, 1.807) is 0 Å². The van der Waals surface area contributed by atoms with Gasteiger partial charge >= 0.3 is 0 Å². The molecule has 3 aliphatic carbocycles. The highest BCUT2D eigenvalue weighted by atomic mass is 32.1. The van der Waals surface area contributed by atoms with E-state index in [9.17, 15) is 9.59 Å². The normalized spacial score (nSPS) is 38.4. The van der Waals surface area contributed by atoms with Crippen molar-refractivity contribution in [1.29, 1.82) is 0 Å². The summed E-state index contributed by atoms with van der Waals surface area (Å²) in [6.45, 7) is 13.0. The molecule has 0 spiro atoms. The fraction of sp³-hybridized carbons (Fsp3) is 0.808. The molecule has 1 saturated heterocycles. The zero-order chi connectivity index (χ0) is 23.4. The van der Waals surface area contributed by atoms with Crippen LogP contribution in [0.1, 0.15) is 86.5 Å². The molecule has 1 heterocycles. The Balaban J connectivity index is 1.58. The minimum atomic E-state index is 0.0262. The third-order valence-electron chi connectivity index (χ3n) is 9.29. The second kappa shape index (κ2) is 8.41. The SMILES string of the molecule is CC(C)NC(=S)N(C(=O)[C@H]1CC[C@H]2[C@@H]3CC=C4NC(=O)CC[C@]4(C)[C@H]3CC[C@]12C)C(C)C. The molecule has 6 heteroatoms. The zero-order valence-corrected chi connectivity index (χ0v) is 21.5. The van der Waals surface area contributed by atoms with Crippen molar-refractivity contribution in [2.75, 3.05) is 0 Å². The van der Waals surface area contributed by atoms with E-state index in [4.69, 9.17) is 12.2 Å². The number of hydrogen-bond acceptors (Lipinski definition) is 3. The highest BCUT2D eigenvalue weighted by Crippen LogP contribution is 2.65. The molecule has 2 N–H and O–H groups in total. The lowest BCUT2D eigenvalue weighted by Gasteiger charge is -2.57. The van der Waals surface area contributed by atoms with Gasteiger partial charge in [-0.3, -0.25) is 14.5 Å². The van der Waals surface area contributed by atoms with Crippen molar-refractivity contribution < 1.29 is 9.59 Å². The first kappa shape index (κ1) is 23.7. The van der Waals surface area contributed by atoms with Crippen LogP contribution in [0.5, 0.6) is 0 Å². The molecule has 0 unspecified atom stereocenters. The van der Waals surface area contributed by atoms with Crippen molar-refractivity contribution in [3.63, 3.8) is 0 Å². The van der Waals surface area contributed by atoms with Crippen molar-refractivity contribution >= 4 is 29.1 Å². The number of fused-ring (bicyclic) bond motifs is 5. The van der Waals surface area contributed by atoms with Crippen LogP contribution in [0, 0.1) is 34.5 Å². The number of carbonyl (C=O) groups excluding carboxylic acids is 2. The fourth-order valence-electron chi connectivity index (χ4n) is 7.67. The van der Waals surface area contributed by atoms with Gasteiger partial charge in [-0.05, 0) is 102 Å². The third-order valence-corrected chi connectivity index (χ3v) is 9.61. The summed E-state index contributed by atoms with van der Waals surface area (Å²) >= 11 is 5.66. The lowest BCUT2D eigenvalue weighted by atomic mass is 9.49. The van der Waals surface area contributed by atoms with Crippen LogP contribution in [0.3, 0.4) is 0 Å². The zero-order valence-electron chi connectivity index (χ0n) is 20.7. The molecule has 2 amide bonds. The Morgan fingerprint density at radius 1 is 1.16 bits per heavy atom. The van der Waals surface area contributed by atoms with Crippen LogP contribution < -0.4 is 10.6 Å². The number of hydrogen-bond donors (Lipinski definition) is 2. The van der Waals surface area contributed by atoms with Gasteiger partial charge in [-0.15, -0.1) is 0 Å². The van der Waals surface area contributed by atoms with Gasteiger partial charge in [0.2, 0.25) is 11.8 Å². The number of carbonyl (C=O) groups is 2. The highest BCUT2D eigenvalue weighted by Gasteiger charge is 2.60. The molecule has 0 aromatic heterocycles. The van der Waals surface area contributed by atoms with E-state index in [1.807, 2.05) is 4.90 Å². The number of piperidine rings is 1. The first-order valence-corrected chi connectivity index (χ1v) is 13.0. The summed E-state index contributed by atoms with van der Waals surface area (Å²) in [6, 6.07) is 0.254. The van der Waals surface area contributed by atoms with Gasteiger partial charge in [0.1, 0.15) is 0 Å². The van der Waals surface area contributed by atoms with Gasteiger partial charge in [0.05, 0.1) is 0 Å². The molecular weight excluding hydrogens is 418 g/mol. The average molecular weight is 460 g/mol. The largest absolute Gasteiger partial charge is 0.360 e. The summed E-state index contributed by atoms with van der Waals surface area (Å²) < 4.78 is 0. The third kappa shape index (κ3) is 3.70. The molecule has 0 aromatic rings. The monoisotopic (exact) mass is 459 g/mol. The number of allylic oxidation sites excluding steroid dienone is 2. The van der Waals surface area contributed by atoms with Crippen molar-refractivity contribution in [2.45, 2.75) is 98.6 Å². The standard InChI is InChI=1S/C26H41N3O2S/c1-15(2)27-24(32)29(16(3)4)23(31)20-9-8-18-17-7-10-21-26(6,14-12-22(30)28-21)19(17)11-13-25(18,20)5/h10,15-20H,7-9,11-14H2,1-6H3,(H,27,32)(H,28,30)/t17-,18-,19-,20+,25-,26+/m0/s1. The van der Waals surface area contributed by atoms with Crippen LogP contribution in [0.15, 0.2) is 11.8 Å². The Kier molecular flexibility index (Phi) is 6.23. The Morgan fingerprint density at radius 2 is 1.88 bits per heavy atom. The van der Waals surface area contributed by atoms with Gasteiger partial charge in [-0.1, -0.05) is 19.9 Å². The van der Waals surface area contributed by atoms with E-state index in [-0.39, 0.29) is 40.6 Å². The molecule has 32 heavy (non-hydrogen) atoms. The van der Waals surface area contributed by atoms with Crippen LogP contribution in [0.2, 0.25) is 0 Å². The van der Waals surface area contributed by atoms with Gasteiger partial charge < -0.3 is 10.6 Å². The summed E-state index contributed by atoms with van der Waals surface area (Å²) in [5.74, 6) is 2.17. The smallest absolute Gasteiger partial charge is 0.232 e. The van der Waals surface area contributed by atoms with Crippen LogP contribution in [0.25, 0.3) is 0 Å². The Bertz CT molecular complexity index is 837. The number of nitrogens with one attached hydrogen (secondary N) is 2. The molecule has 0 aromatic carbocycles. The molecule has 6 atom stereocenters. The maximum Gasteiger partial charge on any atom is 0.232 e. The average Bonchev–Trinajstić information content (AvgIpc) is 3.05. The Hall–Kier alpha value is -1.43. The topological polar surface area (TPSA) is 61.4 Å². The number of nitrogens with zero attached hydrogens (tertiary/aromatic N) is 1. The molecule has 4 aliphatic rings. The predicted octanol–water partition coefficient (Wildman–Crippen LogP) is 4.77. The molecule has 178 valence electrons. The van der Waals surface area contributed by atoms with Gasteiger partial charge in [0, 0.05) is 35.5 Å². The van der Waals surface area contributed by atoms with Gasteiger partial charge in [0.15, 0.2) is 5.11 Å². The van der Waals surface area contributed by atoms with Crippen molar-refractivity contribution in [1.82, 2.24) is 15.5 Å². The molecular formula is C26H41N3O2S. The molecule has 4 rings (SSSR count). The van der Waals surface area contributed by atoms with Crippen molar-refractivity contribution in [3.8, 4) is 0 Å². The molecule has 1 aliphatic heterocycles. The number of rotatable bonds is 3. The fourth-order valence-corrected chi connectivity index (χ4v) is 8.21. The van der Waals surface area contributed by atoms with Crippen LogP contribution in [0.4, 0.5) is 0 Å². The summed E-state index contributed by atoms with van der Waals surface area (Å²) in [6.07, 6.45) is 9.22. The van der Waals surface area contributed by atoms with E-state index in [0.717, 1.165) is 38.5 Å². The van der Waals surface area contributed by atoms with Gasteiger partial charge in [-0.2, -0.15) is 0 Å². The van der Waals surface area contributed by atoms with Crippen LogP contribution in [-0.2, 0) is 9.59 Å². The van der Waals surface area contributed by atoms with Crippen LogP contribution in [-0.4, -0.2) is 33.9 Å². The molecule has 2 saturated carbocycles. The van der Waals surface area contributed by atoms with Gasteiger partial charge in [-0.25, -0.2) is 0 Å². The molecule has 0 radical (unpaired) electrons. The van der Waals surface area contributed by atoms with E-state index >= 15 is 0 Å². The first-order chi connectivity index (χ1) is 15.0. The number of thiocarbonyl (C=S) groups is 1.